The minimum atomic E-state index is -0.605. The van der Waals surface area contributed by atoms with Crippen molar-refractivity contribution in [3.05, 3.63) is 119 Å². The Balaban J connectivity index is 1.64. The molecular weight excluding hydrogens is 456 g/mol. The molecule has 1 atom stereocenters. The van der Waals surface area contributed by atoms with Gasteiger partial charge in [0.2, 0.25) is 11.8 Å². The van der Waals surface area contributed by atoms with Crippen molar-refractivity contribution in [3.63, 3.8) is 0 Å². The molecule has 4 heteroatoms. The van der Waals surface area contributed by atoms with Crippen LogP contribution in [0.25, 0.3) is 10.8 Å². The van der Waals surface area contributed by atoms with E-state index >= 15 is 0 Å². The molecule has 0 aliphatic carbocycles. The monoisotopic (exact) mass is 492 g/mol. The van der Waals surface area contributed by atoms with E-state index in [4.69, 9.17) is 0 Å². The summed E-state index contributed by atoms with van der Waals surface area (Å²) in [4.78, 5) is 29.2. The van der Waals surface area contributed by atoms with E-state index in [2.05, 4.69) is 41.7 Å². The molecule has 2 amide bonds. The maximum atomic E-state index is 13.9. The van der Waals surface area contributed by atoms with Crippen molar-refractivity contribution in [3.8, 4) is 0 Å². The molecule has 0 bridgehead atoms. The number of carbonyl (C=O) groups excluding carboxylic acids is 2. The van der Waals surface area contributed by atoms with Crippen LogP contribution in [-0.4, -0.2) is 28.8 Å². The highest BCUT2D eigenvalue weighted by molar-refractivity contribution is 5.89. The van der Waals surface area contributed by atoms with Crippen LogP contribution in [0.4, 0.5) is 0 Å². The standard InChI is InChI=1S/C33H36N2O2/c1-24(2)34-33(37)31(22-26-10-5-4-6-11-26)35(23-27-18-16-25(3)17-19-27)32(36)21-20-29-14-9-13-28-12-7-8-15-30(28)29/h4-19,24,31H,20-23H2,1-3H3,(H,34,37). The summed E-state index contributed by atoms with van der Waals surface area (Å²) in [6.07, 6.45) is 1.42. The average Bonchev–Trinajstić information content (AvgIpc) is 2.90. The van der Waals surface area contributed by atoms with E-state index < -0.39 is 6.04 Å². The molecule has 4 nitrogen and oxygen atoms in total. The summed E-state index contributed by atoms with van der Waals surface area (Å²) in [6.45, 7) is 6.33. The van der Waals surface area contributed by atoms with Gasteiger partial charge in [0.05, 0.1) is 0 Å². The lowest BCUT2D eigenvalue weighted by molar-refractivity contribution is -0.141. The van der Waals surface area contributed by atoms with Crippen LogP contribution in [0.3, 0.4) is 0 Å². The summed E-state index contributed by atoms with van der Waals surface area (Å²) in [5.41, 5.74) is 4.35. The van der Waals surface area contributed by atoms with Crippen LogP contribution in [0.2, 0.25) is 0 Å². The zero-order valence-corrected chi connectivity index (χ0v) is 22.0. The van der Waals surface area contributed by atoms with Crippen molar-refractivity contribution >= 4 is 22.6 Å². The summed E-state index contributed by atoms with van der Waals surface area (Å²) in [5.74, 6) is -0.141. The molecule has 0 saturated carbocycles. The van der Waals surface area contributed by atoms with Crippen LogP contribution >= 0.6 is 0 Å². The molecule has 4 aromatic rings. The fourth-order valence-corrected chi connectivity index (χ4v) is 4.72. The number of rotatable bonds is 10. The molecule has 1 N–H and O–H groups in total. The van der Waals surface area contributed by atoms with Gasteiger partial charge in [-0.15, -0.1) is 0 Å². The van der Waals surface area contributed by atoms with E-state index in [0.717, 1.165) is 22.3 Å². The second-order valence-corrected chi connectivity index (χ2v) is 10.0. The first kappa shape index (κ1) is 26.2. The lowest BCUT2D eigenvalue weighted by atomic mass is 9.99. The fraction of sp³-hybridized carbons (Fsp3) is 0.273. The summed E-state index contributed by atoms with van der Waals surface area (Å²) < 4.78 is 0. The zero-order valence-electron chi connectivity index (χ0n) is 22.0. The lowest BCUT2D eigenvalue weighted by Gasteiger charge is -2.32. The van der Waals surface area contributed by atoms with Gasteiger partial charge in [-0.25, -0.2) is 0 Å². The van der Waals surface area contributed by atoms with Crippen LogP contribution in [0.5, 0.6) is 0 Å². The van der Waals surface area contributed by atoms with Crippen molar-refractivity contribution in [1.82, 2.24) is 10.2 Å². The number of aryl methyl sites for hydroxylation is 2. The highest BCUT2D eigenvalue weighted by atomic mass is 16.2. The third-order valence-electron chi connectivity index (χ3n) is 6.66. The third-order valence-corrected chi connectivity index (χ3v) is 6.66. The van der Waals surface area contributed by atoms with E-state index in [1.165, 1.54) is 10.8 Å². The summed E-state index contributed by atoms with van der Waals surface area (Å²) in [7, 11) is 0. The van der Waals surface area contributed by atoms with Crippen LogP contribution in [0, 0.1) is 6.92 Å². The minimum Gasteiger partial charge on any atom is -0.352 e. The first-order valence-corrected chi connectivity index (χ1v) is 13.1. The Morgan fingerprint density at radius 1 is 0.784 bits per heavy atom. The molecule has 1 unspecified atom stereocenters. The lowest BCUT2D eigenvalue weighted by Crippen LogP contribution is -2.51. The van der Waals surface area contributed by atoms with Crippen LogP contribution in [0.1, 0.15) is 42.5 Å². The maximum absolute atomic E-state index is 13.9. The molecule has 0 saturated heterocycles. The van der Waals surface area contributed by atoms with Crippen molar-refractivity contribution in [2.45, 2.75) is 58.7 Å². The summed E-state index contributed by atoms with van der Waals surface area (Å²) >= 11 is 0. The van der Waals surface area contributed by atoms with Gasteiger partial charge < -0.3 is 10.2 Å². The third kappa shape index (κ3) is 7.07. The highest BCUT2D eigenvalue weighted by Crippen LogP contribution is 2.22. The molecular formula is C33H36N2O2. The Hall–Kier alpha value is -3.92. The second-order valence-electron chi connectivity index (χ2n) is 10.0. The number of nitrogens with zero attached hydrogens (tertiary/aromatic N) is 1. The number of nitrogens with one attached hydrogen (secondary N) is 1. The van der Waals surface area contributed by atoms with E-state index in [-0.39, 0.29) is 17.9 Å². The first-order valence-electron chi connectivity index (χ1n) is 13.1. The van der Waals surface area contributed by atoms with Crippen molar-refractivity contribution in [2.75, 3.05) is 0 Å². The molecule has 0 heterocycles. The number of hydrogen-bond acceptors (Lipinski definition) is 2. The number of hydrogen-bond donors (Lipinski definition) is 1. The highest BCUT2D eigenvalue weighted by Gasteiger charge is 2.30. The Kier molecular flexibility index (Phi) is 8.73. The normalized spacial score (nSPS) is 11.9. The van der Waals surface area contributed by atoms with Crippen molar-refractivity contribution in [1.29, 1.82) is 0 Å². The molecule has 0 aliphatic rings. The Labute approximate surface area is 220 Å². The fourth-order valence-electron chi connectivity index (χ4n) is 4.72. The minimum absolute atomic E-state index is 0.0159. The zero-order chi connectivity index (χ0) is 26.2. The number of benzene rings is 4. The van der Waals surface area contributed by atoms with Crippen LogP contribution in [-0.2, 0) is 29.0 Å². The van der Waals surface area contributed by atoms with E-state index in [9.17, 15) is 9.59 Å². The Bertz CT molecular complexity index is 1320. The number of fused-ring (bicyclic) bond motifs is 1. The molecule has 0 aromatic heterocycles. The van der Waals surface area contributed by atoms with Crippen molar-refractivity contribution in [2.24, 2.45) is 0 Å². The molecule has 190 valence electrons. The number of carbonyl (C=O) groups is 2. The van der Waals surface area contributed by atoms with E-state index in [0.29, 0.717) is 25.8 Å². The molecule has 4 aromatic carbocycles. The molecule has 0 fully saturated rings. The maximum Gasteiger partial charge on any atom is 0.243 e. The second kappa shape index (κ2) is 12.4. The smallest absolute Gasteiger partial charge is 0.243 e. The summed E-state index contributed by atoms with van der Waals surface area (Å²) in [6, 6.07) is 32.0. The van der Waals surface area contributed by atoms with Gasteiger partial charge in [0.15, 0.2) is 0 Å². The topological polar surface area (TPSA) is 49.4 Å². The van der Waals surface area contributed by atoms with Gasteiger partial charge in [-0.1, -0.05) is 103 Å². The van der Waals surface area contributed by atoms with Crippen molar-refractivity contribution < 1.29 is 9.59 Å². The van der Waals surface area contributed by atoms with Crippen LogP contribution < -0.4 is 5.32 Å². The van der Waals surface area contributed by atoms with Crippen LogP contribution in [0.15, 0.2) is 97.1 Å². The first-order chi connectivity index (χ1) is 17.9. The van der Waals surface area contributed by atoms with Gasteiger partial charge in [0, 0.05) is 25.4 Å². The predicted molar refractivity (Wildman–Crippen MR) is 151 cm³/mol. The Morgan fingerprint density at radius 3 is 2.19 bits per heavy atom. The predicted octanol–water partition coefficient (Wildman–Crippen LogP) is 6.25. The van der Waals surface area contributed by atoms with Gasteiger partial charge in [-0.2, -0.15) is 0 Å². The van der Waals surface area contributed by atoms with E-state index in [1.807, 2.05) is 81.4 Å². The molecule has 0 aliphatic heterocycles. The molecule has 4 rings (SSSR count). The van der Waals surface area contributed by atoms with E-state index in [1.54, 1.807) is 4.90 Å². The molecule has 0 radical (unpaired) electrons. The van der Waals surface area contributed by atoms with Gasteiger partial charge in [0.25, 0.3) is 0 Å². The molecule has 0 spiro atoms. The summed E-state index contributed by atoms with van der Waals surface area (Å²) in [5, 5.41) is 5.40. The van der Waals surface area contributed by atoms with Gasteiger partial charge in [0.1, 0.15) is 6.04 Å². The SMILES string of the molecule is Cc1ccc(CN(C(=O)CCc2cccc3ccccc23)C(Cc2ccccc2)C(=O)NC(C)C)cc1. The number of amides is 2. The molecule has 37 heavy (non-hydrogen) atoms. The average molecular weight is 493 g/mol. The Morgan fingerprint density at radius 2 is 1.46 bits per heavy atom. The largest absolute Gasteiger partial charge is 0.352 e. The van der Waals surface area contributed by atoms with Gasteiger partial charge in [-0.05, 0) is 54.7 Å². The van der Waals surface area contributed by atoms with Gasteiger partial charge >= 0.3 is 0 Å². The van der Waals surface area contributed by atoms with Gasteiger partial charge in [-0.3, -0.25) is 9.59 Å². The quantitative estimate of drug-likeness (QED) is 0.285.